The van der Waals surface area contributed by atoms with Crippen LogP contribution in [-0.4, -0.2) is 20.3 Å². The van der Waals surface area contributed by atoms with Crippen molar-refractivity contribution >= 4 is 24.0 Å². The second-order valence-corrected chi connectivity index (χ2v) is 5.76. The van der Waals surface area contributed by atoms with Gasteiger partial charge in [-0.25, -0.2) is 0 Å². The molecule has 124 valence electrons. The second kappa shape index (κ2) is 7.91. The van der Waals surface area contributed by atoms with Crippen molar-refractivity contribution < 1.29 is 9.47 Å². The van der Waals surface area contributed by atoms with Gasteiger partial charge in [0.25, 0.3) is 0 Å². The number of benzene rings is 2. The number of methoxy groups -OCH3 is 1. The molecule has 0 saturated heterocycles. The van der Waals surface area contributed by atoms with E-state index in [2.05, 4.69) is 29.6 Å². The van der Waals surface area contributed by atoms with E-state index in [0.717, 1.165) is 29.5 Å². The number of rotatable bonds is 4. The average molecular weight is 354 g/mol. The number of ether oxygens (including phenoxy) is 2. The minimum Gasteiger partial charge on any atom is -0.493 e. The van der Waals surface area contributed by atoms with Crippen molar-refractivity contribution in [2.75, 3.05) is 20.3 Å². The summed E-state index contributed by atoms with van der Waals surface area (Å²) in [6.07, 6.45) is 0.990. The van der Waals surface area contributed by atoms with Gasteiger partial charge < -0.3 is 14.8 Å². The van der Waals surface area contributed by atoms with Crippen molar-refractivity contribution in [1.29, 1.82) is 0 Å². The van der Waals surface area contributed by atoms with Gasteiger partial charge in [-0.2, -0.15) is 0 Å². The number of hydrogen-bond donors (Lipinski definition) is 1. The van der Waals surface area contributed by atoms with Crippen LogP contribution in [0.2, 0.25) is 5.02 Å². The van der Waals surface area contributed by atoms with Crippen LogP contribution in [0.15, 0.2) is 36.4 Å². The Morgan fingerprint density at radius 2 is 1.91 bits per heavy atom. The van der Waals surface area contributed by atoms with E-state index in [9.17, 15) is 0 Å². The lowest BCUT2D eigenvalue weighted by atomic mass is 9.89. The maximum Gasteiger partial charge on any atom is 0.161 e. The first kappa shape index (κ1) is 17.9. The molecule has 2 aromatic rings. The first-order valence-electron chi connectivity index (χ1n) is 7.55. The lowest BCUT2D eigenvalue weighted by Gasteiger charge is -2.28. The van der Waals surface area contributed by atoms with Crippen LogP contribution < -0.4 is 14.8 Å². The third kappa shape index (κ3) is 3.74. The van der Waals surface area contributed by atoms with E-state index >= 15 is 0 Å². The van der Waals surface area contributed by atoms with Crippen molar-refractivity contribution in [3.63, 3.8) is 0 Å². The summed E-state index contributed by atoms with van der Waals surface area (Å²) in [5.74, 6) is 1.60. The molecule has 0 spiro atoms. The molecule has 2 aromatic carbocycles. The summed E-state index contributed by atoms with van der Waals surface area (Å²) in [6.45, 7) is 3.56. The van der Waals surface area contributed by atoms with Crippen LogP contribution in [0.5, 0.6) is 11.5 Å². The van der Waals surface area contributed by atoms with Gasteiger partial charge in [-0.15, -0.1) is 12.4 Å². The Hall–Kier alpha value is -1.42. The molecule has 1 aliphatic heterocycles. The van der Waals surface area contributed by atoms with Gasteiger partial charge in [0.2, 0.25) is 0 Å². The highest BCUT2D eigenvalue weighted by Crippen LogP contribution is 2.37. The maximum absolute atomic E-state index is 6.00. The molecule has 1 unspecified atom stereocenters. The molecule has 23 heavy (non-hydrogen) atoms. The first-order chi connectivity index (χ1) is 10.7. The quantitative estimate of drug-likeness (QED) is 0.883. The van der Waals surface area contributed by atoms with Gasteiger partial charge in [-0.3, -0.25) is 0 Å². The van der Waals surface area contributed by atoms with Crippen molar-refractivity contribution in [2.24, 2.45) is 0 Å². The van der Waals surface area contributed by atoms with Gasteiger partial charge >= 0.3 is 0 Å². The van der Waals surface area contributed by atoms with Gasteiger partial charge in [-0.05, 0) is 54.3 Å². The van der Waals surface area contributed by atoms with Crippen molar-refractivity contribution in [3.05, 3.63) is 58.1 Å². The number of hydrogen-bond acceptors (Lipinski definition) is 3. The smallest absolute Gasteiger partial charge is 0.161 e. The summed E-state index contributed by atoms with van der Waals surface area (Å²) in [5.41, 5.74) is 3.76. The Balaban J connectivity index is 0.00000192. The number of nitrogens with one attached hydrogen (secondary N) is 1. The lowest BCUT2D eigenvalue weighted by molar-refractivity contribution is 0.309. The fourth-order valence-electron chi connectivity index (χ4n) is 2.94. The highest BCUT2D eigenvalue weighted by molar-refractivity contribution is 6.30. The zero-order valence-corrected chi connectivity index (χ0v) is 14.8. The van der Waals surface area contributed by atoms with Crippen LogP contribution in [-0.2, 0) is 6.42 Å². The first-order valence-corrected chi connectivity index (χ1v) is 7.93. The Morgan fingerprint density at radius 1 is 1.17 bits per heavy atom. The Labute approximate surface area is 148 Å². The van der Waals surface area contributed by atoms with Crippen molar-refractivity contribution in [1.82, 2.24) is 5.32 Å². The van der Waals surface area contributed by atoms with Crippen LogP contribution in [0.4, 0.5) is 0 Å². The Kier molecular flexibility index (Phi) is 6.17. The van der Waals surface area contributed by atoms with E-state index in [1.165, 1.54) is 16.7 Å². The Bertz CT molecular complexity index is 659. The molecule has 0 amide bonds. The zero-order chi connectivity index (χ0) is 15.5. The van der Waals surface area contributed by atoms with Crippen LogP contribution in [0, 0.1) is 0 Å². The molecule has 1 aliphatic rings. The molecular formula is C18H21Cl2NO2. The third-order valence-electron chi connectivity index (χ3n) is 3.98. The second-order valence-electron chi connectivity index (χ2n) is 5.32. The van der Waals surface area contributed by atoms with Gasteiger partial charge in [0.1, 0.15) is 0 Å². The summed E-state index contributed by atoms with van der Waals surface area (Å²) in [4.78, 5) is 0. The van der Waals surface area contributed by atoms with Crippen LogP contribution in [0.3, 0.4) is 0 Å². The summed E-state index contributed by atoms with van der Waals surface area (Å²) < 4.78 is 11.2. The predicted molar refractivity (Wildman–Crippen MR) is 96.4 cm³/mol. The van der Waals surface area contributed by atoms with Crippen LogP contribution >= 0.6 is 24.0 Å². The minimum atomic E-state index is 0. The van der Waals surface area contributed by atoms with Gasteiger partial charge in [0.15, 0.2) is 11.5 Å². The molecule has 1 atom stereocenters. The summed E-state index contributed by atoms with van der Waals surface area (Å²) in [5, 5.41) is 4.33. The number of halogens is 2. The lowest BCUT2D eigenvalue weighted by Crippen LogP contribution is -2.30. The standard InChI is InChI=1S/C18H20ClNO2.ClH/c1-3-22-17-10-13-8-9-20-18(15(13)11-16(17)21-2)12-4-6-14(19)7-5-12;/h4-7,10-11,18,20H,3,8-9H2,1-2H3;1H. The molecule has 1 N–H and O–H groups in total. The molecule has 3 nitrogen and oxygen atoms in total. The highest BCUT2D eigenvalue weighted by atomic mass is 35.5. The van der Waals surface area contributed by atoms with Gasteiger partial charge in [0.05, 0.1) is 19.8 Å². The maximum atomic E-state index is 6.00. The molecule has 0 fully saturated rings. The monoisotopic (exact) mass is 353 g/mol. The van der Waals surface area contributed by atoms with E-state index in [1.54, 1.807) is 7.11 Å². The van der Waals surface area contributed by atoms with Gasteiger partial charge in [-0.1, -0.05) is 23.7 Å². The molecule has 3 rings (SSSR count). The SMILES string of the molecule is CCOc1cc2c(cc1OC)C(c1ccc(Cl)cc1)NCC2.Cl. The third-order valence-corrected chi connectivity index (χ3v) is 4.23. The van der Waals surface area contributed by atoms with E-state index in [4.69, 9.17) is 21.1 Å². The van der Waals surface area contributed by atoms with Crippen molar-refractivity contribution in [3.8, 4) is 11.5 Å². The van der Waals surface area contributed by atoms with E-state index in [-0.39, 0.29) is 18.4 Å². The summed E-state index contributed by atoms with van der Waals surface area (Å²) in [6, 6.07) is 12.4. The predicted octanol–water partition coefficient (Wildman–Crippen LogP) is 4.40. The number of fused-ring (bicyclic) bond motifs is 1. The minimum absolute atomic E-state index is 0. The molecule has 0 radical (unpaired) electrons. The van der Waals surface area contributed by atoms with Crippen LogP contribution in [0.1, 0.15) is 29.7 Å². The van der Waals surface area contributed by atoms with Gasteiger partial charge in [0, 0.05) is 11.6 Å². The molecule has 0 saturated carbocycles. The molecular weight excluding hydrogens is 333 g/mol. The van der Waals surface area contributed by atoms with E-state index in [1.807, 2.05) is 19.1 Å². The zero-order valence-electron chi connectivity index (χ0n) is 13.3. The fourth-order valence-corrected chi connectivity index (χ4v) is 3.07. The van der Waals surface area contributed by atoms with Crippen molar-refractivity contribution in [2.45, 2.75) is 19.4 Å². The topological polar surface area (TPSA) is 30.5 Å². The Morgan fingerprint density at radius 3 is 2.57 bits per heavy atom. The normalized spacial score (nSPS) is 16.2. The molecule has 0 aliphatic carbocycles. The average Bonchev–Trinajstić information content (AvgIpc) is 2.55. The van der Waals surface area contributed by atoms with E-state index < -0.39 is 0 Å². The van der Waals surface area contributed by atoms with E-state index in [0.29, 0.717) is 6.61 Å². The van der Waals surface area contributed by atoms with Crippen LogP contribution in [0.25, 0.3) is 0 Å². The summed E-state index contributed by atoms with van der Waals surface area (Å²) >= 11 is 6.00. The molecule has 0 aromatic heterocycles. The highest BCUT2D eigenvalue weighted by Gasteiger charge is 2.23. The molecule has 1 heterocycles. The fraction of sp³-hybridized carbons (Fsp3) is 0.333. The summed E-state index contributed by atoms with van der Waals surface area (Å²) in [7, 11) is 1.68. The largest absolute Gasteiger partial charge is 0.493 e. The molecule has 0 bridgehead atoms. The molecule has 5 heteroatoms.